The van der Waals surface area contributed by atoms with Crippen molar-refractivity contribution in [3.05, 3.63) is 15.8 Å². The molecule has 2 saturated heterocycles. The summed E-state index contributed by atoms with van der Waals surface area (Å²) in [4.78, 5) is 26.3. The normalized spacial score (nSPS) is 19.9. The zero-order valence-corrected chi connectivity index (χ0v) is 13.6. The number of piperazine rings is 1. The fraction of sp³-hybridized carbons (Fsp3) is 0.714. The molecule has 1 aromatic rings. The number of morpholine rings is 1. The Morgan fingerprint density at radius 1 is 1.04 bits per heavy atom. The molecule has 126 valence electrons. The lowest BCUT2D eigenvalue weighted by Gasteiger charge is -2.34. The lowest BCUT2D eigenvalue weighted by atomic mass is 10.2. The predicted octanol–water partition coefficient (Wildman–Crippen LogP) is 0.282. The van der Waals surface area contributed by atoms with Gasteiger partial charge in [0.15, 0.2) is 0 Å². The van der Waals surface area contributed by atoms with Crippen LogP contribution in [-0.4, -0.2) is 79.3 Å². The zero-order chi connectivity index (χ0) is 16.4. The number of likely N-dealkylation sites (N-methyl/N-ethyl adjacent to an activating group) is 1. The minimum atomic E-state index is -0.369. The molecule has 9 heteroatoms. The van der Waals surface area contributed by atoms with Crippen LogP contribution in [0.4, 0.5) is 17.5 Å². The number of ether oxygens (including phenoxy) is 1. The first kappa shape index (κ1) is 15.9. The van der Waals surface area contributed by atoms with E-state index in [9.17, 15) is 10.1 Å². The first-order chi connectivity index (χ1) is 11.1. The number of hydrogen-bond acceptors (Lipinski definition) is 8. The summed E-state index contributed by atoms with van der Waals surface area (Å²) in [6, 6.07) is 0. The molecule has 0 bridgehead atoms. The van der Waals surface area contributed by atoms with Gasteiger partial charge in [-0.05, 0) is 14.0 Å². The Morgan fingerprint density at radius 3 is 2.30 bits per heavy atom. The summed E-state index contributed by atoms with van der Waals surface area (Å²) in [7, 11) is 2.05. The van der Waals surface area contributed by atoms with E-state index in [4.69, 9.17) is 4.74 Å². The molecule has 0 saturated carbocycles. The minimum Gasteiger partial charge on any atom is -0.378 e. The lowest BCUT2D eigenvalue weighted by Crippen LogP contribution is -2.45. The maximum absolute atomic E-state index is 11.5. The first-order valence-electron chi connectivity index (χ1n) is 7.85. The molecule has 0 aliphatic carbocycles. The molecule has 23 heavy (non-hydrogen) atoms. The Labute approximate surface area is 135 Å². The van der Waals surface area contributed by atoms with Crippen molar-refractivity contribution in [3.8, 4) is 0 Å². The molecular weight excluding hydrogens is 300 g/mol. The van der Waals surface area contributed by atoms with Gasteiger partial charge in [-0.15, -0.1) is 0 Å². The van der Waals surface area contributed by atoms with Crippen LogP contribution >= 0.6 is 0 Å². The molecule has 2 fully saturated rings. The molecule has 0 amide bonds. The summed E-state index contributed by atoms with van der Waals surface area (Å²) in [6.45, 7) is 7.56. The second kappa shape index (κ2) is 6.63. The highest BCUT2D eigenvalue weighted by Gasteiger charge is 2.29. The van der Waals surface area contributed by atoms with Crippen LogP contribution in [0.25, 0.3) is 0 Å². The third kappa shape index (κ3) is 3.35. The van der Waals surface area contributed by atoms with E-state index >= 15 is 0 Å². The van der Waals surface area contributed by atoms with E-state index in [1.165, 1.54) is 0 Å². The number of nitrogens with zero attached hydrogens (tertiary/aromatic N) is 6. The summed E-state index contributed by atoms with van der Waals surface area (Å²) in [5.41, 5.74) is 0.437. The fourth-order valence-corrected chi connectivity index (χ4v) is 2.89. The molecule has 1 aromatic heterocycles. The van der Waals surface area contributed by atoms with Gasteiger partial charge in [0.05, 0.1) is 18.1 Å². The highest BCUT2D eigenvalue weighted by atomic mass is 16.6. The van der Waals surface area contributed by atoms with Gasteiger partial charge in [-0.2, -0.15) is 4.98 Å². The van der Waals surface area contributed by atoms with E-state index in [-0.39, 0.29) is 10.6 Å². The van der Waals surface area contributed by atoms with Crippen molar-refractivity contribution in [2.24, 2.45) is 0 Å². The van der Waals surface area contributed by atoms with Gasteiger partial charge in [0.2, 0.25) is 11.8 Å². The summed E-state index contributed by atoms with van der Waals surface area (Å²) >= 11 is 0. The van der Waals surface area contributed by atoms with Crippen molar-refractivity contribution in [1.29, 1.82) is 0 Å². The maximum Gasteiger partial charge on any atom is 0.332 e. The largest absolute Gasteiger partial charge is 0.378 e. The fourth-order valence-electron chi connectivity index (χ4n) is 2.89. The van der Waals surface area contributed by atoms with Crippen LogP contribution in [0.15, 0.2) is 0 Å². The van der Waals surface area contributed by atoms with Gasteiger partial charge in [-0.3, -0.25) is 10.1 Å². The van der Waals surface area contributed by atoms with E-state index in [1.807, 2.05) is 9.80 Å². The quantitative estimate of drug-likeness (QED) is 0.579. The van der Waals surface area contributed by atoms with Crippen LogP contribution in [0.2, 0.25) is 0 Å². The van der Waals surface area contributed by atoms with Crippen molar-refractivity contribution in [2.45, 2.75) is 6.92 Å². The summed E-state index contributed by atoms with van der Waals surface area (Å²) in [5.74, 6) is 1.00. The van der Waals surface area contributed by atoms with Gasteiger partial charge in [0, 0.05) is 39.3 Å². The zero-order valence-electron chi connectivity index (χ0n) is 13.6. The number of aryl methyl sites for hydroxylation is 1. The first-order valence-corrected chi connectivity index (χ1v) is 7.85. The SMILES string of the molecule is Cc1nc(N2CCOCC2)nc(N2CCN(C)CC2)c1[N+](=O)[O-]. The van der Waals surface area contributed by atoms with Crippen molar-refractivity contribution in [2.75, 3.05) is 69.3 Å². The van der Waals surface area contributed by atoms with Crippen LogP contribution in [0, 0.1) is 17.0 Å². The van der Waals surface area contributed by atoms with Crippen molar-refractivity contribution in [3.63, 3.8) is 0 Å². The molecule has 2 aliphatic rings. The van der Waals surface area contributed by atoms with Crippen molar-refractivity contribution >= 4 is 17.5 Å². The Bertz CT molecular complexity index is 582. The predicted molar refractivity (Wildman–Crippen MR) is 86.2 cm³/mol. The molecule has 3 rings (SSSR count). The Morgan fingerprint density at radius 2 is 1.70 bits per heavy atom. The summed E-state index contributed by atoms with van der Waals surface area (Å²) in [6.07, 6.45) is 0. The van der Waals surface area contributed by atoms with Crippen LogP contribution < -0.4 is 9.80 Å². The van der Waals surface area contributed by atoms with Crippen LogP contribution in [0.3, 0.4) is 0 Å². The van der Waals surface area contributed by atoms with Crippen LogP contribution in [0.1, 0.15) is 5.69 Å². The van der Waals surface area contributed by atoms with Gasteiger partial charge in [-0.25, -0.2) is 4.98 Å². The standard InChI is InChI=1S/C14H22N6O3/c1-11-12(20(21)22)13(18-5-3-17(2)4-6-18)16-14(15-11)19-7-9-23-10-8-19/h3-10H2,1-2H3. The maximum atomic E-state index is 11.5. The molecule has 0 aromatic carbocycles. The third-order valence-corrected chi connectivity index (χ3v) is 4.31. The molecule has 0 spiro atoms. The lowest BCUT2D eigenvalue weighted by molar-refractivity contribution is -0.385. The molecule has 0 unspecified atom stereocenters. The van der Waals surface area contributed by atoms with Gasteiger partial charge >= 0.3 is 5.69 Å². The highest BCUT2D eigenvalue weighted by Crippen LogP contribution is 2.31. The number of hydrogen-bond donors (Lipinski definition) is 0. The number of anilines is 2. The minimum absolute atomic E-state index is 0.0200. The average molecular weight is 322 g/mol. The van der Waals surface area contributed by atoms with Crippen LogP contribution in [0.5, 0.6) is 0 Å². The molecular formula is C14H22N6O3. The Hall–Kier alpha value is -2.00. The summed E-state index contributed by atoms with van der Waals surface area (Å²) < 4.78 is 5.35. The molecule has 0 N–H and O–H groups in total. The molecule has 0 radical (unpaired) electrons. The highest BCUT2D eigenvalue weighted by molar-refractivity contribution is 5.63. The molecule has 0 atom stereocenters. The van der Waals surface area contributed by atoms with Crippen molar-refractivity contribution in [1.82, 2.24) is 14.9 Å². The molecule has 9 nitrogen and oxygen atoms in total. The topological polar surface area (TPSA) is 87.9 Å². The van der Waals surface area contributed by atoms with E-state index in [1.54, 1.807) is 6.92 Å². The van der Waals surface area contributed by atoms with Crippen molar-refractivity contribution < 1.29 is 9.66 Å². The molecule has 2 aliphatic heterocycles. The monoisotopic (exact) mass is 322 g/mol. The number of nitro groups is 1. The summed E-state index contributed by atoms with van der Waals surface area (Å²) in [5, 5.41) is 11.5. The number of aromatic nitrogens is 2. The molecule has 3 heterocycles. The Kier molecular flexibility index (Phi) is 4.58. The smallest absolute Gasteiger partial charge is 0.332 e. The Balaban J connectivity index is 1.96. The number of rotatable bonds is 3. The van der Waals surface area contributed by atoms with Gasteiger partial charge in [0.1, 0.15) is 5.69 Å². The average Bonchev–Trinajstić information content (AvgIpc) is 2.55. The third-order valence-electron chi connectivity index (χ3n) is 4.31. The van der Waals surface area contributed by atoms with E-state index in [0.717, 1.165) is 26.2 Å². The van der Waals surface area contributed by atoms with E-state index < -0.39 is 0 Å². The van der Waals surface area contributed by atoms with Gasteiger partial charge < -0.3 is 19.4 Å². The second-order valence-corrected chi connectivity index (χ2v) is 5.93. The van der Waals surface area contributed by atoms with E-state index in [0.29, 0.717) is 43.8 Å². The van der Waals surface area contributed by atoms with Crippen LogP contribution in [-0.2, 0) is 4.74 Å². The van der Waals surface area contributed by atoms with E-state index in [2.05, 4.69) is 21.9 Å². The second-order valence-electron chi connectivity index (χ2n) is 5.93. The van der Waals surface area contributed by atoms with Gasteiger partial charge in [-0.1, -0.05) is 0 Å². The van der Waals surface area contributed by atoms with Gasteiger partial charge in [0.25, 0.3) is 0 Å².